The van der Waals surface area contributed by atoms with Gasteiger partial charge in [-0.15, -0.1) is 0 Å². The highest BCUT2D eigenvalue weighted by Gasteiger charge is 2.01. The molecule has 0 fully saturated rings. The molecule has 0 bridgehead atoms. The van der Waals surface area contributed by atoms with Crippen LogP contribution < -0.4 is 0 Å². The van der Waals surface area contributed by atoms with Crippen molar-refractivity contribution in [2.45, 2.75) is 13.8 Å². The molecule has 0 N–H and O–H groups in total. The molecule has 0 heterocycles. The smallest absolute Gasteiger partial charge is 0.0993 e. The zero-order valence-electron chi connectivity index (χ0n) is 4.77. The molecule has 0 saturated carbocycles. The van der Waals surface area contributed by atoms with Crippen LogP contribution in [0.1, 0.15) is 13.8 Å². The highest BCUT2D eigenvalue weighted by atomic mass is 31.1. The van der Waals surface area contributed by atoms with Gasteiger partial charge in [-0.25, -0.2) is 0 Å². The summed E-state index contributed by atoms with van der Waals surface area (Å²) in [5, 5.41) is 0. The van der Waals surface area contributed by atoms with Crippen LogP contribution in [0, 0.1) is 0 Å². The Balaban J connectivity index is 3.16. The van der Waals surface area contributed by atoms with Gasteiger partial charge in [-0.2, -0.15) is 0 Å². The predicted molar refractivity (Wildman–Crippen MR) is 31.9 cm³/mol. The summed E-state index contributed by atoms with van der Waals surface area (Å²) in [6.07, 6.45) is 0. The molecular formula is C4H11NOP+. The van der Waals surface area contributed by atoms with Crippen molar-refractivity contribution in [1.82, 2.24) is 4.67 Å². The minimum atomic E-state index is -0.268. The first kappa shape index (κ1) is 7.06. The fourth-order valence-electron chi connectivity index (χ4n) is 0.353. The Labute approximate surface area is 45.8 Å². The third-order valence-corrected chi connectivity index (χ3v) is 1.78. The van der Waals surface area contributed by atoms with Gasteiger partial charge in [0.05, 0.1) is 0 Å². The van der Waals surface area contributed by atoms with E-state index in [4.69, 9.17) is 0 Å². The van der Waals surface area contributed by atoms with Crippen molar-refractivity contribution >= 4 is 8.61 Å². The first-order chi connectivity index (χ1) is 3.35. The van der Waals surface area contributed by atoms with Gasteiger partial charge in [0.2, 0.25) is 0 Å². The zero-order chi connectivity index (χ0) is 5.70. The molecule has 0 aromatic heterocycles. The van der Waals surface area contributed by atoms with Crippen LogP contribution in [0.4, 0.5) is 0 Å². The lowest BCUT2D eigenvalue weighted by Gasteiger charge is -1.94. The molecule has 0 aliphatic heterocycles. The number of rotatable bonds is 3. The molecule has 1 atom stereocenters. The van der Waals surface area contributed by atoms with Crippen molar-refractivity contribution in [3.8, 4) is 0 Å². The van der Waals surface area contributed by atoms with Crippen molar-refractivity contribution in [3.63, 3.8) is 0 Å². The van der Waals surface area contributed by atoms with E-state index in [1.165, 1.54) is 0 Å². The monoisotopic (exact) mass is 120 g/mol. The lowest BCUT2D eigenvalue weighted by atomic mass is 10.7. The third-order valence-electron chi connectivity index (χ3n) is 0.893. The molecule has 0 radical (unpaired) electrons. The summed E-state index contributed by atoms with van der Waals surface area (Å²) in [5.74, 6) is 0. The van der Waals surface area contributed by atoms with E-state index in [1.807, 2.05) is 18.5 Å². The summed E-state index contributed by atoms with van der Waals surface area (Å²) in [6, 6.07) is 0. The molecule has 0 amide bonds. The molecular weight excluding hydrogens is 109 g/mol. The fraction of sp³-hybridized carbons (Fsp3) is 1.00. The van der Waals surface area contributed by atoms with Gasteiger partial charge < -0.3 is 0 Å². The summed E-state index contributed by atoms with van der Waals surface area (Å²) in [6.45, 7) is 5.76. The van der Waals surface area contributed by atoms with Gasteiger partial charge in [0, 0.05) is 13.1 Å². The number of nitrogens with zero attached hydrogens (tertiary/aromatic N) is 1. The van der Waals surface area contributed by atoms with E-state index in [2.05, 4.69) is 0 Å². The molecule has 0 aliphatic carbocycles. The second-order valence-corrected chi connectivity index (χ2v) is 2.08. The lowest BCUT2D eigenvalue weighted by Crippen LogP contribution is -2.08. The molecule has 0 rings (SSSR count). The Bertz CT molecular complexity index is 53.7. The van der Waals surface area contributed by atoms with Gasteiger partial charge in [0.1, 0.15) is 0 Å². The highest BCUT2D eigenvalue weighted by molar-refractivity contribution is 7.20. The first-order valence-corrected chi connectivity index (χ1v) is 3.33. The summed E-state index contributed by atoms with van der Waals surface area (Å²) in [5.41, 5.74) is 0. The summed E-state index contributed by atoms with van der Waals surface area (Å²) < 4.78 is 11.9. The Morgan fingerprint density at radius 3 is 1.86 bits per heavy atom. The Morgan fingerprint density at radius 2 is 1.86 bits per heavy atom. The van der Waals surface area contributed by atoms with Crippen LogP contribution in [0.5, 0.6) is 0 Å². The molecule has 0 aromatic carbocycles. The van der Waals surface area contributed by atoms with Gasteiger partial charge in [-0.05, 0) is 13.8 Å². The topological polar surface area (TPSA) is 20.3 Å². The summed E-state index contributed by atoms with van der Waals surface area (Å²) in [7, 11) is -0.268. The average molecular weight is 120 g/mol. The zero-order valence-corrected chi connectivity index (χ0v) is 5.77. The van der Waals surface area contributed by atoms with Crippen molar-refractivity contribution in [1.29, 1.82) is 0 Å². The second kappa shape index (κ2) is 4.23. The molecule has 0 aromatic rings. The standard InChI is InChI=1S/C4H10NOP/c1-3-5(4-2)7-6/h3-4H2,1-2H3/p+1. The van der Waals surface area contributed by atoms with Gasteiger partial charge >= 0.3 is 8.61 Å². The van der Waals surface area contributed by atoms with Gasteiger partial charge in [0.15, 0.2) is 0 Å². The first-order valence-electron chi connectivity index (χ1n) is 2.47. The minimum absolute atomic E-state index is 0.268. The van der Waals surface area contributed by atoms with E-state index in [1.54, 1.807) is 0 Å². The highest BCUT2D eigenvalue weighted by Crippen LogP contribution is 2.00. The van der Waals surface area contributed by atoms with Crippen LogP contribution in [0.25, 0.3) is 0 Å². The van der Waals surface area contributed by atoms with E-state index < -0.39 is 0 Å². The van der Waals surface area contributed by atoms with E-state index >= 15 is 0 Å². The maximum Gasteiger partial charge on any atom is 0.420 e. The minimum Gasteiger partial charge on any atom is -0.0993 e. The maximum absolute atomic E-state index is 10.0. The Kier molecular flexibility index (Phi) is 4.26. The van der Waals surface area contributed by atoms with Gasteiger partial charge in [0.25, 0.3) is 0 Å². The van der Waals surface area contributed by atoms with E-state index in [0.717, 1.165) is 13.1 Å². The Hall–Kier alpha value is 0.0600. The van der Waals surface area contributed by atoms with Crippen LogP contribution >= 0.6 is 8.61 Å². The maximum atomic E-state index is 10.0. The fourth-order valence-corrected chi connectivity index (χ4v) is 0.611. The SMILES string of the molecule is CCN(CC)[PH+]=O. The van der Waals surface area contributed by atoms with E-state index in [9.17, 15) is 4.57 Å². The van der Waals surface area contributed by atoms with Gasteiger partial charge in [-0.3, -0.25) is 0 Å². The summed E-state index contributed by atoms with van der Waals surface area (Å²) >= 11 is 0. The molecule has 0 spiro atoms. The third kappa shape index (κ3) is 2.72. The molecule has 2 nitrogen and oxygen atoms in total. The van der Waals surface area contributed by atoms with Crippen molar-refractivity contribution in [3.05, 3.63) is 0 Å². The van der Waals surface area contributed by atoms with Crippen LogP contribution in [0.3, 0.4) is 0 Å². The predicted octanol–water partition coefficient (Wildman–Crippen LogP) is 1.27. The van der Waals surface area contributed by atoms with Crippen LogP contribution in [-0.4, -0.2) is 17.8 Å². The van der Waals surface area contributed by atoms with Crippen molar-refractivity contribution in [2.24, 2.45) is 0 Å². The number of hydrogen-bond acceptors (Lipinski definition) is 1. The number of hydrogen-bond donors (Lipinski definition) is 0. The van der Waals surface area contributed by atoms with Gasteiger partial charge in [-0.1, -0.05) is 9.24 Å². The lowest BCUT2D eigenvalue weighted by molar-refractivity contribution is 0.475. The van der Waals surface area contributed by atoms with Crippen LogP contribution in [0.2, 0.25) is 0 Å². The molecule has 0 saturated heterocycles. The summed E-state index contributed by atoms with van der Waals surface area (Å²) in [4.78, 5) is 0. The molecule has 1 unspecified atom stereocenters. The quantitative estimate of drug-likeness (QED) is 0.522. The van der Waals surface area contributed by atoms with E-state index in [-0.39, 0.29) is 8.61 Å². The van der Waals surface area contributed by atoms with Crippen LogP contribution in [0.15, 0.2) is 0 Å². The van der Waals surface area contributed by atoms with Crippen LogP contribution in [-0.2, 0) is 4.57 Å². The van der Waals surface area contributed by atoms with Crippen molar-refractivity contribution in [2.75, 3.05) is 13.1 Å². The Morgan fingerprint density at radius 1 is 1.43 bits per heavy atom. The molecule has 42 valence electrons. The van der Waals surface area contributed by atoms with E-state index in [0.29, 0.717) is 0 Å². The largest absolute Gasteiger partial charge is 0.420 e. The normalized spacial score (nSPS) is 10.7. The second-order valence-electron chi connectivity index (χ2n) is 1.26. The van der Waals surface area contributed by atoms with Crippen molar-refractivity contribution < 1.29 is 4.57 Å². The average Bonchev–Trinajstić information content (AvgIpc) is 1.72. The molecule has 7 heavy (non-hydrogen) atoms. The molecule has 0 aliphatic rings. The molecule has 3 heteroatoms.